The zero-order chi connectivity index (χ0) is 10.2. The fourth-order valence-electron chi connectivity index (χ4n) is 0.818. The van der Waals surface area contributed by atoms with E-state index in [4.69, 9.17) is 28.9 Å². The predicted octanol–water partition coefficient (Wildman–Crippen LogP) is -1.52. The SMILES string of the molecule is Nc1cc(Cl)c(S(=O)(=O)[O-])c(Cl)c1.[Na+]. The van der Waals surface area contributed by atoms with Crippen molar-refractivity contribution >= 4 is 39.0 Å². The molecule has 8 heteroatoms. The van der Waals surface area contributed by atoms with E-state index in [1.165, 1.54) is 0 Å². The van der Waals surface area contributed by atoms with Gasteiger partial charge in [0.1, 0.15) is 10.1 Å². The Morgan fingerprint density at radius 2 is 1.57 bits per heavy atom. The quantitative estimate of drug-likeness (QED) is 0.379. The van der Waals surface area contributed by atoms with Crippen LogP contribution in [0.1, 0.15) is 0 Å². The second-order valence-corrected chi connectivity index (χ2v) is 4.40. The zero-order valence-electron chi connectivity index (χ0n) is 7.12. The van der Waals surface area contributed by atoms with Crippen molar-refractivity contribution in [1.82, 2.24) is 0 Å². The topological polar surface area (TPSA) is 83.2 Å². The van der Waals surface area contributed by atoms with Gasteiger partial charge in [0, 0.05) is 5.69 Å². The molecule has 0 aliphatic heterocycles. The number of anilines is 1. The smallest absolute Gasteiger partial charge is 0.744 e. The Balaban J connectivity index is 0.00000169. The molecule has 0 saturated heterocycles. The molecular weight excluding hydrogens is 260 g/mol. The molecular formula is C6H4Cl2NNaO3S. The van der Waals surface area contributed by atoms with Gasteiger partial charge < -0.3 is 10.3 Å². The maximum atomic E-state index is 10.6. The van der Waals surface area contributed by atoms with E-state index >= 15 is 0 Å². The van der Waals surface area contributed by atoms with E-state index in [2.05, 4.69) is 0 Å². The van der Waals surface area contributed by atoms with Gasteiger partial charge in [-0.3, -0.25) is 0 Å². The van der Waals surface area contributed by atoms with Crippen LogP contribution in [-0.2, 0) is 10.1 Å². The third-order valence-corrected chi connectivity index (χ3v) is 3.03. The number of rotatable bonds is 1. The fraction of sp³-hybridized carbons (Fsp3) is 0. The number of benzene rings is 1. The Kier molecular flexibility index (Phi) is 5.21. The second-order valence-electron chi connectivity index (χ2n) is 2.27. The van der Waals surface area contributed by atoms with Crippen LogP contribution < -0.4 is 35.3 Å². The molecule has 1 rings (SSSR count). The number of hydrogen-bond acceptors (Lipinski definition) is 4. The molecule has 2 N–H and O–H groups in total. The van der Waals surface area contributed by atoms with Crippen molar-refractivity contribution in [3.05, 3.63) is 22.2 Å². The van der Waals surface area contributed by atoms with Crippen molar-refractivity contribution in [1.29, 1.82) is 0 Å². The minimum atomic E-state index is -4.65. The molecule has 0 aliphatic rings. The van der Waals surface area contributed by atoms with Crippen molar-refractivity contribution < 1.29 is 42.5 Å². The molecule has 0 aliphatic carbocycles. The number of halogens is 2. The van der Waals surface area contributed by atoms with Crippen LogP contribution in [0.5, 0.6) is 0 Å². The molecule has 72 valence electrons. The van der Waals surface area contributed by atoms with Crippen molar-refractivity contribution in [2.24, 2.45) is 0 Å². The van der Waals surface area contributed by atoms with E-state index in [-0.39, 0.29) is 45.3 Å². The Bertz CT molecular complexity index is 425. The van der Waals surface area contributed by atoms with Gasteiger partial charge in [0.15, 0.2) is 0 Å². The summed E-state index contributed by atoms with van der Waals surface area (Å²) < 4.78 is 31.9. The van der Waals surface area contributed by atoms with Gasteiger partial charge in [-0.2, -0.15) is 0 Å². The normalized spacial score (nSPS) is 10.8. The largest absolute Gasteiger partial charge is 1.00 e. The zero-order valence-corrected chi connectivity index (χ0v) is 11.4. The summed E-state index contributed by atoms with van der Waals surface area (Å²) in [6.45, 7) is 0. The average Bonchev–Trinajstić information content (AvgIpc) is 1.78. The number of hydrogen-bond donors (Lipinski definition) is 1. The van der Waals surface area contributed by atoms with E-state index in [0.29, 0.717) is 0 Å². The first kappa shape index (κ1) is 14.5. The third kappa shape index (κ3) is 3.27. The first-order valence-electron chi connectivity index (χ1n) is 3.03. The summed E-state index contributed by atoms with van der Waals surface area (Å²) >= 11 is 11.0. The summed E-state index contributed by atoms with van der Waals surface area (Å²) in [5.41, 5.74) is 5.50. The summed E-state index contributed by atoms with van der Waals surface area (Å²) in [6.07, 6.45) is 0. The predicted molar refractivity (Wildman–Crippen MR) is 48.8 cm³/mol. The third-order valence-electron chi connectivity index (χ3n) is 1.27. The fourth-order valence-corrected chi connectivity index (χ4v) is 2.48. The molecule has 0 heterocycles. The molecule has 0 spiro atoms. The van der Waals surface area contributed by atoms with Crippen LogP contribution in [0.2, 0.25) is 10.0 Å². The van der Waals surface area contributed by atoms with Crippen LogP contribution in [-0.4, -0.2) is 13.0 Å². The summed E-state index contributed by atoms with van der Waals surface area (Å²) in [4.78, 5) is -0.634. The summed E-state index contributed by atoms with van der Waals surface area (Å²) in [6, 6.07) is 2.30. The molecule has 0 unspecified atom stereocenters. The molecule has 1 aromatic rings. The van der Waals surface area contributed by atoms with Crippen LogP contribution in [0.25, 0.3) is 0 Å². The van der Waals surface area contributed by atoms with Crippen LogP contribution >= 0.6 is 23.2 Å². The standard InChI is InChI=1S/C6H5Cl2NO3S.Na/c7-4-1-3(9)2-5(8)6(4)13(10,11)12;/h1-2H,9H2,(H,10,11,12);/q;+1/p-1. The van der Waals surface area contributed by atoms with Crippen molar-refractivity contribution in [2.45, 2.75) is 4.90 Å². The van der Waals surface area contributed by atoms with Gasteiger partial charge in [0.05, 0.1) is 14.9 Å². The first-order chi connectivity index (χ1) is 5.82. The minimum absolute atomic E-state index is 0. The molecule has 0 saturated carbocycles. The second kappa shape index (κ2) is 5.03. The molecule has 0 fully saturated rings. The average molecular weight is 264 g/mol. The maximum Gasteiger partial charge on any atom is 1.00 e. The monoisotopic (exact) mass is 263 g/mol. The van der Waals surface area contributed by atoms with E-state index in [1.54, 1.807) is 0 Å². The van der Waals surface area contributed by atoms with E-state index in [0.717, 1.165) is 12.1 Å². The Morgan fingerprint density at radius 3 is 1.86 bits per heavy atom. The van der Waals surface area contributed by atoms with Crippen LogP contribution in [0, 0.1) is 0 Å². The van der Waals surface area contributed by atoms with Crippen molar-refractivity contribution in [3.8, 4) is 0 Å². The molecule has 0 amide bonds. The van der Waals surface area contributed by atoms with Gasteiger partial charge in [-0.25, -0.2) is 8.42 Å². The number of nitrogen functional groups attached to an aromatic ring is 1. The van der Waals surface area contributed by atoms with Gasteiger partial charge >= 0.3 is 29.6 Å². The molecule has 0 radical (unpaired) electrons. The summed E-state index contributed by atoms with van der Waals surface area (Å²) in [5, 5.41) is -0.528. The molecule has 0 atom stereocenters. The van der Waals surface area contributed by atoms with Crippen LogP contribution in [0.15, 0.2) is 17.0 Å². The molecule has 0 bridgehead atoms. The Morgan fingerprint density at radius 1 is 1.21 bits per heavy atom. The first-order valence-corrected chi connectivity index (χ1v) is 5.19. The van der Waals surface area contributed by atoms with Crippen LogP contribution in [0.3, 0.4) is 0 Å². The van der Waals surface area contributed by atoms with Gasteiger partial charge in [0.2, 0.25) is 0 Å². The molecule has 0 aromatic heterocycles. The van der Waals surface area contributed by atoms with Crippen molar-refractivity contribution in [3.63, 3.8) is 0 Å². The van der Waals surface area contributed by atoms with Gasteiger partial charge in [-0.15, -0.1) is 0 Å². The summed E-state index contributed by atoms with van der Waals surface area (Å²) in [5.74, 6) is 0. The van der Waals surface area contributed by atoms with Crippen LogP contribution in [0.4, 0.5) is 5.69 Å². The molecule has 1 aromatic carbocycles. The minimum Gasteiger partial charge on any atom is -0.744 e. The Labute approximate surface area is 113 Å². The van der Waals surface area contributed by atoms with Crippen molar-refractivity contribution in [2.75, 3.05) is 5.73 Å². The maximum absolute atomic E-state index is 10.6. The Hall–Kier alpha value is 0.510. The van der Waals surface area contributed by atoms with Gasteiger partial charge in [0.25, 0.3) is 0 Å². The van der Waals surface area contributed by atoms with E-state index in [9.17, 15) is 13.0 Å². The molecule has 4 nitrogen and oxygen atoms in total. The summed E-state index contributed by atoms with van der Waals surface area (Å²) in [7, 11) is -4.65. The number of nitrogens with two attached hydrogens (primary N) is 1. The van der Waals surface area contributed by atoms with Gasteiger partial charge in [-0.1, -0.05) is 23.2 Å². The van der Waals surface area contributed by atoms with E-state index in [1.807, 2.05) is 0 Å². The molecule has 14 heavy (non-hydrogen) atoms. The van der Waals surface area contributed by atoms with E-state index < -0.39 is 15.0 Å². The van der Waals surface area contributed by atoms with Gasteiger partial charge in [-0.05, 0) is 12.1 Å².